The first-order valence-corrected chi connectivity index (χ1v) is 9.35. The van der Waals surface area contributed by atoms with Crippen molar-refractivity contribution in [3.8, 4) is 0 Å². The van der Waals surface area contributed by atoms with Crippen LogP contribution in [0.15, 0.2) is 39.6 Å². The van der Waals surface area contributed by atoms with Crippen LogP contribution >= 0.6 is 0 Å². The Hall–Kier alpha value is -3.49. The molecule has 0 saturated carbocycles. The Labute approximate surface area is 166 Å². The molecular formula is C20H22N4O5. The maximum Gasteiger partial charge on any atom is 0.361 e. The summed E-state index contributed by atoms with van der Waals surface area (Å²) in [6.45, 7) is 3.62. The Kier molecular flexibility index (Phi) is 6.38. The molecule has 0 bridgehead atoms. The Morgan fingerprint density at radius 1 is 1.24 bits per heavy atom. The summed E-state index contributed by atoms with van der Waals surface area (Å²) in [4.78, 5) is 41.2. The second-order valence-corrected chi connectivity index (χ2v) is 6.42. The molecule has 2 aromatic heterocycles. The molecule has 0 aliphatic rings. The van der Waals surface area contributed by atoms with Crippen LogP contribution < -0.4 is 10.9 Å². The topological polar surface area (TPSA) is 116 Å². The molecule has 0 unspecified atom stereocenters. The van der Waals surface area contributed by atoms with Gasteiger partial charge < -0.3 is 14.6 Å². The van der Waals surface area contributed by atoms with Crippen LogP contribution in [0, 0.1) is 6.92 Å². The van der Waals surface area contributed by atoms with E-state index in [1.807, 2.05) is 30.3 Å². The minimum absolute atomic E-state index is 0.0601. The van der Waals surface area contributed by atoms with Gasteiger partial charge in [0.2, 0.25) is 11.6 Å². The average molecular weight is 398 g/mol. The van der Waals surface area contributed by atoms with E-state index in [1.54, 1.807) is 13.8 Å². The normalized spacial score (nSPS) is 10.8. The van der Waals surface area contributed by atoms with Crippen LogP contribution in [0.1, 0.15) is 35.2 Å². The third kappa shape index (κ3) is 4.68. The largest absolute Gasteiger partial charge is 0.461 e. The lowest BCUT2D eigenvalue weighted by atomic mass is 10.1. The lowest BCUT2D eigenvalue weighted by Gasteiger charge is -2.10. The molecule has 1 amide bonds. The standard InChI is InChI=1S/C20H22N4O5/c1-3-28-20(27)17-16-18(29-23-17)22-13(2)24(19(16)26)12-15(25)21-11-7-10-14-8-5-4-6-9-14/h4-6,8-9H,3,7,10-12H2,1-2H3,(H,21,25). The van der Waals surface area contributed by atoms with E-state index in [9.17, 15) is 14.4 Å². The summed E-state index contributed by atoms with van der Waals surface area (Å²) in [5.74, 6) is -0.807. The summed E-state index contributed by atoms with van der Waals surface area (Å²) in [6.07, 6.45) is 1.62. The van der Waals surface area contributed by atoms with E-state index in [2.05, 4.69) is 15.5 Å². The molecule has 0 spiro atoms. The zero-order chi connectivity index (χ0) is 20.8. The van der Waals surface area contributed by atoms with E-state index in [0.717, 1.165) is 12.8 Å². The van der Waals surface area contributed by atoms with Gasteiger partial charge in [-0.2, -0.15) is 4.98 Å². The maximum atomic E-state index is 12.8. The fraction of sp³-hybridized carbons (Fsp3) is 0.350. The predicted octanol–water partition coefficient (Wildman–Crippen LogP) is 1.62. The average Bonchev–Trinajstić information content (AvgIpc) is 3.13. The molecule has 1 aromatic carbocycles. The Morgan fingerprint density at radius 3 is 2.72 bits per heavy atom. The van der Waals surface area contributed by atoms with E-state index in [0.29, 0.717) is 6.54 Å². The molecule has 152 valence electrons. The number of esters is 1. The van der Waals surface area contributed by atoms with Gasteiger partial charge in [0.25, 0.3) is 11.3 Å². The number of aryl methyl sites for hydroxylation is 2. The summed E-state index contributed by atoms with van der Waals surface area (Å²) < 4.78 is 11.1. The van der Waals surface area contributed by atoms with Crippen LogP contribution in [0.2, 0.25) is 0 Å². The van der Waals surface area contributed by atoms with Gasteiger partial charge in [-0.15, -0.1) is 0 Å². The highest BCUT2D eigenvalue weighted by molar-refractivity contribution is 5.99. The van der Waals surface area contributed by atoms with Gasteiger partial charge in [0, 0.05) is 6.54 Å². The van der Waals surface area contributed by atoms with E-state index < -0.39 is 11.5 Å². The van der Waals surface area contributed by atoms with Crippen molar-refractivity contribution in [3.05, 3.63) is 57.8 Å². The summed E-state index contributed by atoms with van der Waals surface area (Å²) in [7, 11) is 0. The molecule has 3 rings (SSSR count). The van der Waals surface area contributed by atoms with Gasteiger partial charge in [-0.3, -0.25) is 14.2 Å². The number of hydrogen-bond donors (Lipinski definition) is 1. The number of benzene rings is 1. The molecule has 0 radical (unpaired) electrons. The quantitative estimate of drug-likeness (QED) is 0.453. The molecule has 1 N–H and O–H groups in total. The number of fused-ring (bicyclic) bond motifs is 1. The van der Waals surface area contributed by atoms with E-state index in [4.69, 9.17) is 9.26 Å². The smallest absolute Gasteiger partial charge is 0.361 e. The number of carbonyl (C=O) groups excluding carboxylic acids is 2. The summed E-state index contributed by atoms with van der Waals surface area (Å²) in [5, 5.41) is 6.31. The predicted molar refractivity (Wildman–Crippen MR) is 105 cm³/mol. The fourth-order valence-corrected chi connectivity index (χ4v) is 2.93. The second kappa shape index (κ2) is 9.13. The maximum absolute atomic E-state index is 12.8. The van der Waals surface area contributed by atoms with E-state index in [1.165, 1.54) is 10.1 Å². The van der Waals surface area contributed by atoms with Crippen molar-refractivity contribution in [2.24, 2.45) is 0 Å². The van der Waals surface area contributed by atoms with Crippen molar-refractivity contribution in [2.75, 3.05) is 13.2 Å². The number of hydrogen-bond acceptors (Lipinski definition) is 7. The Balaban J connectivity index is 1.68. The monoisotopic (exact) mass is 398 g/mol. The Morgan fingerprint density at radius 2 is 2.00 bits per heavy atom. The van der Waals surface area contributed by atoms with Crippen molar-refractivity contribution in [2.45, 2.75) is 33.2 Å². The second-order valence-electron chi connectivity index (χ2n) is 6.42. The van der Waals surface area contributed by atoms with Crippen LogP contribution in [0.25, 0.3) is 11.1 Å². The van der Waals surface area contributed by atoms with Crippen LogP contribution in [0.3, 0.4) is 0 Å². The summed E-state index contributed by atoms with van der Waals surface area (Å²) in [5.41, 5.74) is 0.324. The first kappa shape index (κ1) is 20.2. The Bertz CT molecular complexity index is 1070. The zero-order valence-electron chi connectivity index (χ0n) is 16.3. The van der Waals surface area contributed by atoms with E-state index >= 15 is 0 Å². The zero-order valence-corrected chi connectivity index (χ0v) is 16.3. The number of rotatable bonds is 8. The molecular weight excluding hydrogens is 376 g/mol. The molecule has 0 atom stereocenters. The minimum Gasteiger partial charge on any atom is -0.461 e. The van der Waals surface area contributed by atoms with Gasteiger partial charge >= 0.3 is 5.97 Å². The third-order valence-electron chi connectivity index (χ3n) is 4.36. The molecule has 0 aliphatic heterocycles. The van der Waals surface area contributed by atoms with Crippen LogP contribution in [-0.2, 0) is 22.5 Å². The highest BCUT2D eigenvalue weighted by Crippen LogP contribution is 2.14. The van der Waals surface area contributed by atoms with Gasteiger partial charge in [-0.25, -0.2) is 4.79 Å². The van der Waals surface area contributed by atoms with Crippen molar-refractivity contribution in [3.63, 3.8) is 0 Å². The highest BCUT2D eigenvalue weighted by Gasteiger charge is 2.24. The van der Waals surface area contributed by atoms with Gasteiger partial charge in [0.1, 0.15) is 17.8 Å². The molecule has 9 heteroatoms. The lowest BCUT2D eigenvalue weighted by molar-refractivity contribution is -0.121. The SMILES string of the molecule is CCOC(=O)c1noc2nc(C)n(CC(=O)NCCCc3ccccc3)c(=O)c12. The lowest BCUT2D eigenvalue weighted by Crippen LogP contribution is -2.34. The third-order valence-corrected chi connectivity index (χ3v) is 4.36. The van der Waals surface area contributed by atoms with Crippen LogP contribution in [0.4, 0.5) is 0 Å². The molecule has 0 fully saturated rings. The highest BCUT2D eigenvalue weighted by atomic mass is 16.5. The van der Waals surface area contributed by atoms with Gasteiger partial charge in [0.05, 0.1) is 6.61 Å². The molecule has 0 saturated heterocycles. The first-order valence-electron chi connectivity index (χ1n) is 9.35. The number of nitrogens with zero attached hydrogens (tertiary/aromatic N) is 3. The molecule has 3 aromatic rings. The van der Waals surface area contributed by atoms with Crippen molar-refractivity contribution in [1.29, 1.82) is 0 Å². The first-order chi connectivity index (χ1) is 14.0. The van der Waals surface area contributed by atoms with Crippen molar-refractivity contribution in [1.82, 2.24) is 20.0 Å². The molecule has 0 aliphatic carbocycles. The number of carbonyl (C=O) groups is 2. The minimum atomic E-state index is -0.772. The molecule has 9 nitrogen and oxygen atoms in total. The molecule has 2 heterocycles. The van der Waals surface area contributed by atoms with Gasteiger partial charge in [0.15, 0.2) is 0 Å². The summed E-state index contributed by atoms with van der Waals surface area (Å²) >= 11 is 0. The fourth-order valence-electron chi connectivity index (χ4n) is 2.93. The number of nitrogens with one attached hydrogen (secondary N) is 1. The number of ether oxygens (including phenoxy) is 1. The van der Waals surface area contributed by atoms with Crippen molar-refractivity contribution >= 4 is 23.0 Å². The molecule has 29 heavy (non-hydrogen) atoms. The number of amides is 1. The van der Waals surface area contributed by atoms with Gasteiger partial charge in [-0.1, -0.05) is 35.5 Å². The van der Waals surface area contributed by atoms with Crippen LogP contribution in [0.5, 0.6) is 0 Å². The van der Waals surface area contributed by atoms with Crippen LogP contribution in [-0.4, -0.2) is 39.7 Å². The number of aromatic nitrogens is 3. The van der Waals surface area contributed by atoms with Gasteiger partial charge in [-0.05, 0) is 32.3 Å². The summed E-state index contributed by atoms with van der Waals surface area (Å²) in [6, 6.07) is 9.97. The van der Waals surface area contributed by atoms with Crippen molar-refractivity contribution < 1.29 is 18.8 Å². The van der Waals surface area contributed by atoms with E-state index in [-0.39, 0.29) is 41.7 Å².